The summed E-state index contributed by atoms with van der Waals surface area (Å²) in [4.78, 5) is 15.8. The molecular formula is C11H9ClN2OS2. The number of hydrogen-bond acceptors (Lipinski definition) is 3. The fraction of sp³-hybridized carbons (Fsp3) is 0.273. The summed E-state index contributed by atoms with van der Waals surface area (Å²) < 4.78 is 0. The van der Waals surface area contributed by atoms with Crippen LogP contribution in [-0.4, -0.2) is 33.6 Å². The number of thioether (sulfide) groups is 1. The predicted octanol–water partition coefficient (Wildman–Crippen LogP) is 2.35. The maximum absolute atomic E-state index is 12.2. The van der Waals surface area contributed by atoms with E-state index in [1.165, 1.54) is 0 Å². The fourth-order valence-electron chi connectivity index (χ4n) is 2.06. The van der Waals surface area contributed by atoms with E-state index in [2.05, 4.69) is 0 Å². The molecule has 0 aliphatic carbocycles. The summed E-state index contributed by atoms with van der Waals surface area (Å²) in [5.41, 5.74) is 0.756. The van der Waals surface area contributed by atoms with Crippen LogP contribution in [0.5, 0.6) is 0 Å². The number of rotatable bonds is 1. The molecule has 88 valence electrons. The molecule has 6 heteroatoms. The largest absolute Gasteiger partial charge is 0.326 e. The van der Waals surface area contributed by atoms with Crippen molar-refractivity contribution in [2.75, 3.05) is 16.5 Å². The number of amides is 1. The summed E-state index contributed by atoms with van der Waals surface area (Å²) in [5.74, 6) is 1.67. The van der Waals surface area contributed by atoms with Crippen molar-refractivity contribution >= 4 is 52.3 Å². The van der Waals surface area contributed by atoms with Crippen LogP contribution in [0.3, 0.4) is 0 Å². The zero-order chi connectivity index (χ0) is 12.0. The number of thiocarbonyl (C=S) groups is 1. The minimum absolute atomic E-state index is 0.0577. The highest BCUT2D eigenvalue weighted by Gasteiger charge is 2.45. The predicted molar refractivity (Wildman–Crippen MR) is 74.5 cm³/mol. The SMILES string of the molecule is O=C1[C@@H]2CSCN2C(=S)N1c1cccc(Cl)c1. The Morgan fingerprint density at radius 3 is 3.00 bits per heavy atom. The van der Waals surface area contributed by atoms with Gasteiger partial charge in [-0.2, -0.15) is 0 Å². The fourth-order valence-corrected chi connectivity index (χ4v) is 3.86. The number of hydrogen-bond donors (Lipinski definition) is 0. The van der Waals surface area contributed by atoms with Gasteiger partial charge in [0.1, 0.15) is 6.04 Å². The van der Waals surface area contributed by atoms with Gasteiger partial charge in [0.15, 0.2) is 5.11 Å². The second-order valence-electron chi connectivity index (χ2n) is 3.92. The molecule has 0 N–H and O–H groups in total. The van der Waals surface area contributed by atoms with Crippen LogP contribution in [0.15, 0.2) is 24.3 Å². The summed E-state index contributed by atoms with van der Waals surface area (Å²) >= 11 is 13.0. The van der Waals surface area contributed by atoms with Crippen molar-refractivity contribution in [3.05, 3.63) is 29.3 Å². The minimum atomic E-state index is -0.0912. The van der Waals surface area contributed by atoms with E-state index in [1.807, 2.05) is 17.0 Å². The Balaban J connectivity index is 1.99. The van der Waals surface area contributed by atoms with E-state index in [0.717, 1.165) is 17.3 Å². The Bertz CT molecular complexity index is 486. The molecule has 1 aromatic carbocycles. The first-order valence-electron chi connectivity index (χ1n) is 5.16. The molecule has 2 aliphatic rings. The van der Waals surface area contributed by atoms with Gasteiger partial charge >= 0.3 is 0 Å². The van der Waals surface area contributed by atoms with Crippen LogP contribution in [0.25, 0.3) is 0 Å². The first-order chi connectivity index (χ1) is 8.18. The van der Waals surface area contributed by atoms with Crippen molar-refractivity contribution in [2.24, 2.45) is 0 Å². The number of halogens is 1. The molecule has 0 aromatic heterocycles. The summed E-state index contributed by atoms with van der Waals surface area (Å²) in [6, 6.07) is 7.13. The van der Waals surface area contributed by atoms with Crippen molar-refractivity contribution in [3.8, 4) is 0 Å². The zero-order valence-corrected chi connectivity index (χ0v) is 11.2. The molecule has 17 heavy (non-hydrogen) atoms. The molecule has 0 bridgehead atoms. The van der Waals surface area contributed by atoms with Gasteiger partial charge in [-0.25, -0.2) is 0 Å². The van der Waals surface area contributed by atoms with Crippen LogP contribution < -0.4 is 4.90 Å². The topological polar surface area (TPSA) is 23.6 Å². The smallest absolute Gasteiger partial charge is 0.256 e. The Morgan fingerprint density at radius 2 is 2.29 bits per heavy atom. The summed E-state index contributed by atoms with van der Waals surface area (Å²) in [6.07, 6.45) is 0. The van der Waals surface area contributed by atoms with Gasteiger partial charge in [-0.3, -0.25) is 9.69 Å². The summed E-state index contributed by atoms with van der Waals surface area (Å²) in [7, 11) is 0. The van der Waals surface area contributed by atoms with E-state index in [9.17, 15) is 4.79 Å². The minimum Gasteiger partial charge on any atom is -0.326 e. The zero-order valence-electron chi connectivity index (χ0n) is 8.80. The molecule has 1 aromatic rings. The van der Waals surface area contributed by atoms with E-state index in [1.54, 1.807) is 28.8 Å². The lowest BCUT2D eigenvalue weighted by Crippen LogP contribution is -2.32. The molecule has 1 amide bonds. The van der Waals surface area contributed by atoms with Crippen LogP contribution in [0.4, 0.5) is 5.69 Å². The first kappa shape index (κ1) is 11.3. The molecule has 2 heterocycles. The van der Waals surface area contributed by atoms with E-state index in [0.29, 0.717) is 10.1 Å². The third kappa shape index (κ3) is 1.73. The quantitative estimate of drug-likeness (QED) is 0.739. The summed E-state index contributed by atoms with van der Waals surface area (Å²) in [5, 5.41) is 1.20. The highest BCUT2D eigenvalue weighted by Crippen LogP contribution is 2.33. The van der Waals surface area contributed by atoms with Crippen molar-refractivity contribution in [2.45, 2.75) is 6.04 Å². The number of fused-ring (bicyclic) bond motifs is 1. The molecule has 0 spiro atoms. The molecule has 3 rings (SSSR count). The second-order valence-corrected chi connectivity index (χ2v) is 5.72. The van der Waals surface area contributed by atoms with E-state index in [-0.39, 0.29) is 11.9 Å². The third-order valence-electron chi connectivity index (χ3n) is 2.89. The van der Waals surface area contributed by atoms with Crippen LogP contribution in [0, 0.1) is 0 Å². The van der Waals surface area contributed by atoms with Gasteiger partial charge in [0, 0.05) is 10.8 Å². The molecule has 0 unspecified atom stereocenters. The molecule has 1 atom stereocenters. The number of anilines is 1. The van der Waals surface area contributed by atoms with Crippen LogP contribution in [0.1, 0.15) is 0 Å². The lowest BCUT2D eigenvalue weighted by Gasteiger charge is -2.18. The average Bonchev–Trinajstić information content (AvgIpc) is 2.84. The molecule has 0 radical (unpaired) electrons. The van der Waals surface area contributed by atoms with Gasteiger partial charge in [0.05, 0.1) is 11.6 Å². The number of carbonyl (C=O) groups excluding carboxylic acids is 1. The van der Waals surface area contributed by atoms with Crippen LogP contribution >= 0.6 is 35.6 Å². The average molecular weight is 285 g/mol. The highest BCUT2D eigenvalue weighted by atomic mass is 35.5. The summed E-state index contributed by atoms with van der Waals surface area (Å²) in [6.45, 7) is 0. The molecule has 2 fully saturated rings. The number of benzene rings is 1. The number of nitrogens with zero attached hydrogens (tertiary/aromatic N) is 2. The molecule has 3 nitrogen and oxygen atoms in total. The Morgan fingerprint density at radius 1 is 1.47 bits per heavy atom. The van der Waals surface area contributed by atoms with Gasteiger partial charge in [0.25, 0.3) is 5.91 Å². The first-order valence-corrected chi connectivity index (χ1v) is 7.10. The Kier molecular flexibility index (Phi) is 2.77. The highest BCUT2D eigenvalue weighted by molar-refractivity contribution is 7.99. The van der Waals surface area contributed by atoms with Gasteiger partial charge in [0.2, 0.25) is 0 Å². The van der Waals surface area contributed by atoms with Gasteiger partial charge in [-0.05, 0) is 30.4 Å². The molecule has 0 saturated carbocycles. The van der Waals surface area contributed by atoms with E-state index < -0.39 is 0 Å². The monoisotopic (exact) mass is 284 g/mol. The van der Waals surface area contributed by atoms with Gasteiger partial charge in [-0.15, -0.1) is 11.8 Å². The maximum Gasteiger partial charge on any atom is 0.256 e. The van der Waals surface area contributed by atoms with Crippen LogP contribution in [0.2, 0.25) is 5.02 Å². The molecule has 2 aliphatic heterocycles. The van der Waals surface area contributed by atoms with Crippen molar-refractivity contribution in [3.63, 3.8) is 0 Å². The number of carbonyl (C=O) groups is 1. The van der Waals surface area contributed by atoms with Crippen LogP contribution in [-0.2, 0) is 4.79 Å². The standard InChI is InChI=1S/C11H9ClN2OS2/c12-7-2-1-3-8(4-7)14-10(15)9-5-17-6-13(9)11(14)16/h1-4,9H,5-6H2/t9-/m0/s1. The van der Waals surface area contributed by atoms with Crippen molar-refractivity contribution in [1.29, 1.82) is 0 Å². The normalized spacial score (nSPS) is 23.5. The van der Waals surface area contributed by atoms with Gasteiger partial charge < -0.3 is 4.90 Å². The Hall–Kier alpha value is -0.780. The lowest BCUT2D eigenvalue weighted by molar-refractivity contribution is -0.118. The van der Waals surface area contributed by atoms with Gasteiger partial charge in [-0.1, -0.05) is 17.7 Å². The van der Waals surface area contributed by atoms with Crippen molar-refractivity contribution in [1.82, 2.24) is 4.90 Å². The lowest BCUT2D eigenvalue weighted by atomic mass is 10.2. The second kappa shape index (κ2) is 4.15. The Labute approximate surface area is 114 Å². The van der Waals surface area contributed by atoms with E-state index in [4.69, 9.17) is 23.8 Å². The van der Waals surface area contributed by atoms with Crippen molar-refractivity contribution < 1.29 is 4.79 Å². The molecular weight excluding hydrogens is 276 g/mol. The molecule has 2 saturated heterocycles. The van der Waals surface area contributed by atoms with E-state index >= 15 is 0 Å². The maximum atomic E-state index is 12.2. The third-order valence-corrected chi connectivity index (χ3v) is 4.56.